The summed E-state index contributed by atoms with van der Waals surface area (Å²) in [6.45, 7) is 5.04. The maximum atomic E-state index is 12.1. The smallest absolute Gasteiger partial charge is 0.315 e. The van der Waals surface area contributed by atoms with Gasteiger partial charge >= 0.3 is 6.03 Å². The Morgan fingerprint density at radius 2 is 2.12 bits per heavy atom. The van der Waals surface area contributed by atoms with Gasteiger partial charge in [-0.1, -0.05) is 37.2 Å². The maximum absolute atomic E-state index is 12.1. The van der Waals surface area contributed by atoms with E-state index in [1.165, 1.54) is 0 Å². The Hall–Kier alpha value is -2.50. The van der Waals surface area contributed by atoms with Gasteiger partial charge in [0.1, 0.15) is 12.4 Å². The van der Waals surface area contributed by atoms with Crippen LogP contribution in [0.5, 0.6) is 5.75 Å². The van der Waals surface area contributed by atoms with E-state index >= 15 is 0 Å². The standard InChI is InChI=1S/C18H23N3O3/c1-3-12(4-2)15-9-13(24-21-15)10-19-18(22)20-16-11-23-17-8-6-5-7-14(16)17/h5-9,12,16H,3-4,10-11H2,1-2H3,(H2,19,20,22)/t16-/m0/s1. The fourth-order valence-electron chi connectivity index (χ4n) is 2.97. The van der Waals surface area contributed by atoms with Gasteiger partial charge < -0.3 is 19.9 Å². The van der Waals surface area contributed by atoms with Crippen molar-refractivity contribution in [2.45, 2.75) is 45.2 Å². The number of rotatable bonds is 6. The summed E-state index contributed by atoms with van der Waals surface area (Å²) >= 11 is 0. The van der Waals surface area contributed by atoms with E-state index in [2.05, 4.69) is 29.6 Å². The minimum atomic E-state index is -0.249. The van der Waals surface area contributed by atoms with Crippen LogP contribution < -0.4 is 15.4 Å². The lowest BCUT2D eigenvalue weighted by Crippen LogP contribution is -2.38. The first-order valence-electron chi connectivity index (χ1n) is 8.42. The normalized spacial score (nSPS) is 15.9. The second-order valence-corrected chi connectivity index (χ2v) is 5.96. The zero-order valence-corrected chi connectivity index (χ0v) is 14.0. The molecule has 0 saturated carbocycles. The molecule has 6 heteroatoms. The molecular formula is C18H23N3O3. The Morgan fingerprint density at radius 3 is 2.92 bits per heavy atom. The lowest BCUT2D eigenvalue weighted by molar-refractivity contribution is 0.230. The van der Waals surface area contributed by atoms with E-state index in [9.17, 15) is 4.79 Å². The second-order valence-electron chi connectivity index (χ2n) is 5.96. The number of hydrogen-bond donors (Lipinski definition) is 2. The SMILES string of the molecule is CCC(CC)c1cc(CNC(=O)N[C@H]2COc3ccccc32)on1. The largest absolute Gasteiger partial charge is 0.491 e. The van der Waals surface area contributed by atoms with Gasteiger partial charge in [-0.25, -0.2) is 4.79 Å². The number of fused-ring (bicyclic) bond motifs is 1. The molecular weight excluding hydrogens is 306 g/mol. The molecule has 0 unspecified atom stereocenters. The molecule has 1 aromatic heterocycles. The molecule has 0 radical (unpaired) electrons. The molecule has 1 atom stereocenters. The van der Waals surface area contributed by atoms with Gasteiger partial charge in [0.2, 0.25) is 0 Å². The van der Waals surface area contributed by atoms with Gasteiger partial charge in [0.05, 0.1) is 18.3 Å². The number of aromatic nitrogens is 1. The second kappa shape index (κ2) is 7.38. The average molecular weight is 329 g/mol. The van der Waals surface area contributed by atoms with E-state index in [0.717, 1.165) is 29.8 Å². The molecule has 0 aliphatic carbocycles. The van der Waals surface area contributed by atoms with E-state index in [-0.39, 0.29) is 12.1 Å². The Morgan fingerprint density at radius 1 is 1.33 bits per heavy atom. The Bertz CT molecular complexity index is 694. The molecule has 24 heavy (non-hydrogen) atoms. The molecule has 0 saturated heterocycles. The van der Waals surface area contributed by atoms with Crippen LogP contribution >= 0.6 is 0 Å². The average Bonchev–Trinajstić information content (AvgIpc) is 3.22. The number of amides is 2. The molecule has 1 aliphatic heterocycles. The van der Waals surface area contributed by atoms with Crippen molar-refractivity contribution in [1.82, 2.24) is 15.8 Å². The molecule has 1 aliphatic rings. The van der Waals surface area contributed by atoms with Crippen LogP contribution in [0.1, 0.15) is 55.7 Å². The van der Waals surface area contributed by atoms with Gasteiger partial charge in [-0.05, 0) is 18.9 Å². The van der Waals surface area contributed by atoms with Crippen molar-refractivity contribution >= 4 is 6.03 Å². The van der Waals surface area contributed by atoms with E-state index in [1.807, 2.05) is 30.3 Å². The van der Waals surface area contributed by atoms with Crippen LogP contribution in [0.3, 0.4) is 0 Å². The van der Waals surface area contributed by atoms with Crippen LogP contribution in [-0.2, 0) is 6.54 Å². The number of nitrogens with one attached hydrogen (secondary N) is 2. The predicted octanol–water partition coefficient (Wildman–Crippen LogP) is 3.51. The highest BCUT2D eigenvalue weighted by atomic mass is 16.5. The molecule has 2 aromatic rings. The molecule has 128 valence electrons. The fraction of sp³-hybridized carbons (Fsp3) is 0.444. The monoisotopic (exact) mass is 329 g/mol. The Kier molecular flexibility index (Phi) is 5.03. The van der Waals surface area contributed by atoms with Crippen molar-refractivity contribution in [3.05, 3.63) is 47.3 Å². The Balaban J connectivity index is 1.52. The van der Waals surface area contributed by atoms with E-state index in [1.54, 1.807) is 0 Å². The molecule has 0 fully saturated rings. The van der Waals surface area contributed by atoms with Crippen molar-refractivity contribution in [3.63, 3.8) is 0 Å². The maximum Gasteiger partial charge on any atom is 0.315 e. The number of hydrogen-bond acceptors (Lipinski definition) is 4. The van der Waals surface area contributed by atoms with Crippen molar-refractivity contribution in [2.24, 2.45) is 0 Å². The third kappa shape index (κ3) is 3.53. The van der Waals surface area contributed by atoms with Gasteiger partial charge in [-0.15, -0.1) is 0 Å². The van der Waals surface area contributed by atoms with Crippen LogP contribution in [0.25, 0.3) is 0 Å². The number of para-hydroxylation sites is 1. The van der Waals surface area contributed by atoms with Crippen molar-refractivity contribution in [1.29, 1.82) is 0 Å². The molecule has 2 amide bonds. The molecule has 3 rings (SSSR count). The van der Waals surface area contributed by atoms with Gasteiger partial charge in [0.25, 0.3) is 0 Å². The number of carbonyl (C=O) groups is 1. The summed E-state index contributed by atoms with van der Waals surface area (Å²) in [5, 5.41) is 9.83. The van der Waals surface area contributed by atoms with E-state index in [4.69, 9.17) is 9.26 Å². The highest BCUT2D eigenvalue weighted by Gasteiger charge is 2.25. The summed E-state index contributed by atoms with van der Waals surface area (Å²) in [4.78, 5) is 12.1. The summed E-state index contributed by atoms with van der Waals surface area (Å²) < 4.78 is 10.9. The van der Waals surface area contributed by atoms with Crippen LogP contribution in [0.4, 0.5) is 4.79 Å². The van der Waals surface area contributed by atoms with Crippen molar-refractivity contribution in [2.75, 3.05) is 6.61 Å². The van der Waals surface area contributed by atoms with Crippen LogP contribution in [0, 0.1) is 0 Å². The van der Waals surface area contributed by atoms with Crippen LogP contribution in [0.2, 0.25) is 0 Å². The first-order chi connectivity index (χ1) is 11.7. The zero-order chi connectivity index (χ0) is 16.9. The number of ether oxygens (including phenoxy) is 1. The summed E-state index contributed by atoms with van der Waals surface area (Å²) in [6.07, 6.45) is 2.05. The van der Waals surface area contributed by atoms with Gasteiger partial charge in [0.15, 0.2) is 5.76 Å². The number of nitrogens with zero attached hydrogens (tertiary/aromatic N) is 1. The quantitative estimate of drug-likeness (QED) is 0.850. The molecule has 2 N–H and O–H groups in total. The number of carbonyl (C=O) groups excluding carboxylic acids is 1. The zero-order valence-electron chi connectivity index (χ0n) is 14.0. The minimum Gasteiger partial charge on any atom is -0.491 e. The third-order valence-corrected chi connectivity index (χ3v) is 4.41. The number of urea groups is 1. The van der Waals surface area contributed by atoms with E-state index < -0.39 is 0 Å². The first-order valence-corrected chi connectivity index (χ1v) is 8.42. The summed E-state index contributed by atoms with van der Waals surface area (Å²) in [5.74, 6) is 1.89. The molecule has 0 spiro atoms. The topological polar surface area (TPSA) is 76.4 Å². The highest BCUT2D eigenvalue weighted by Crippen LogP contribution is 2.31. The summed E-state index contributed by atoms with van der Waals surface area (Å²) in [7, 11) is 0. The van der Waals surface area contributed by atoms with Crippen molar-refractivity contribution < 1.29 is 14.1 Å². The van der Waals surface area contributed by atoms with Gasteiger partial charge in [0, 0.05) is 17.5 Å². The summed E-state index contributed by atoms with van der Waals surface area (Å²) in [5.41, 5.74) is 1.96. The molecule has 2 heterocycles. The predicted molar refractivity (Wildman–Crippen MR) is 89.9 cm³/mol. The highest BCUT2D eigenvalue weighted by molar-refractivity contribution is 5.74. The van der Waals surface area contributed by atoms with Gasteiger partial charge in [-0.2, -0.15) is 0 Å². The van der Waals surface area contributed by atoms with Gasteiger partial charge in [-0.3, -0.25) is 0 Å². The first kappa shape index (κ1) is 16.4. The fourth-order valence-corrected chi connectivity index (χ4v) is 2.97. The number of benzene rings is 1. The van der Waals surface area contributed by atoms with Crippen LogP contribution in [0.15, 0.2) is 34.9 Å². The lowest BCUT2D eigenvalue weighted by Gasteiger charge is -2.12. The molecule has 6 nitrogen and oxygen atoms in total. The van der Waals surface area contributed by atoms with Crippen LogP contribution in [-0.4, -0.2) is 17.8 Å². The third-order valence-electron chi connectivity index (χ3n) is 4.41. The van der Waals surface area contributed by atoms with Crippen molar-refractivity contribution in [3.8, 4) is 5.75 Å². The Labute approximate surface area is 141 Å². The lowest BCUT2D eigenvalue weighted by atomic mass is 9.99. The summed E-state index contributed by atoms with van der Waals surface area (Å²) in [6, 6.07) is 9.27. The molecule has 1 aromatic carbocycles. The molecule has 0 bridgehead atoms. The van der Waals surface area contributed by atoms with E-state index in [0.29, 0.717) is 24.8 Å². The minimum absolute atomic E-state index is 0.129.